The number of likely N-dealkylation sites (tertiary alicyclic amines) is 1. The van der Waals surface area contributed by atoms with Crippen LogP contribution in [0.25, 0.3) is 5.69 Å². The standard InChI is InChI=1S/C24H21Cl2FN4O3/c1-14-10-21(31(12-14)24(34)28-17-5-2-15(25)3-6-17)23(33)29-20-8-7-18(11-19(20)27)30-13-16(26)4-9-22(30)32/h2-9,11,13-14,21H,10,12H2,1H3,(H,28,34)(H,29,33). The zero-order valence-corrected chi connectivity index (χ0v) is 19.6. The number of halogens is 3. The Morgan fingerprint density at radius 3 is 2.41 bits per heavy atom. The number of aromatic nitrogens is 1. The Balaban J connectivity index is 1.49. The molecule has 2 aromatic carbocycles. The summed E-state index contributed by atoms with van der Waals surface area (Å²) in [5.74, 6) is -1.13. The van der Waals surface area contributed by atoms with Gasteiger partial charge in [-0.05, 0) is 54.8 Å². The maximum absolute atomic E-state index is 14.8. The number of anilines is 2. The maximum atomic E-state index is 14.8. The predicted molar refractivity (Wildman–Crippen MR) is 130 cm³/mol. The van der Waals surface area contributed by atoms with E-state index in [4.69, 9.17) is 23.2 Å². The van der Waals surface area contributed by atoms with Crippen molar-refractivity contribution in [2.75, 3.05) is 17.2 Å². The molecular formula is C24H21Cl2FN4O3. The SMILES string of the molecule is CC1CC(C(=O)Nc2ccc(-n3cc(Cl)ccc3=O)cc2F)N(C(=O)Nc2ccc(Cl)cc2)C1. The predicted octanol–water partition coefficient (Wildman–Crippen LogP) is 5.16. The Morgan fingerprint density at radius 1 is 1.00 bits per heavy atom. The van der Waals surface area contributed by atoms with E-state index >= 15 is 0 Å². The van der Waals surface area contributed by atoms with Crippen LogP contribution in [0.1, 0.15) is 13.3 Å². The first-order valence-corrected chi connectivity index (χ1v) is 11.3. The summed E-state index contributed by atoms with van der Waals surface area (Å²) in [5.41, 5.74) is 0.386. The second-order valence-corrected chi connectivity index (χ2v) is 9.03. The second kappa shape index (κ2) is 9.87. The van der Waals surface area contributed by atoms with Crippen LogP contribution in [-0.4, -0.2) is 34.0 Å². The Morgan fingerprint density at radius 2 is 1.71 bits per heavy atom. The van der Waals surface area contributed by atoms with Crippen molar-refractivity contribution in [2.45, 2.75) is 19.4 Å². The molecule has 0 radical (unpaired) electrons. The number of amides is 3. The first kappa shape index (κ1) is 23.8. The van der Waals surface area contributed by atoms with Crippen molar-refractivity contribution < 1.29 is 14.0 Å². The summed E-state index contributed by atoms with van der Waals surface area (Å²) in [7, 11) is 0. The number of rotatable bonds is 4. The molecule has 0 aliphatic carbocycles. The molecule has 1 aliphatic rings. The highest BCUT2D eigenvalue weighted by Crippen LogP contribution is 2.26. The van der Waals surface area contributed by atoms with Crippen LogP contribution in [0.4, 0.5) is 20.6 Å². The van der Waals surface area contributed by atoms with E-state index in [0.717, 1.165) is 6.07 Å². The van der Waals surface area contributed by atoms with Gasteiger partial charge in [0.2, 0.25) is 5.91 Å². The first-order valence-electron chi connectivity index (χ1n) is 10.5. The third kappa shape index (κ3) is 5.24. The van der Waals surface area contributed by atoms with E-state index in [1.165, 1.54) is 39.9 Å². The molecule has 2 N–H and O–H groups in total. The van der Waals surface area contributed by atoms with E-state index in [0.29, 0.717) is 28.7 Å². The van der Waals surface area contributed by atoms with Gasteiger partial charge in [0.05, 0.1) is 16.4 Å². The molecule has 1 fully saturated rings. The molecule has 3 amide bonds. The molecule has 1 saturated heterocycles. The van der Waals surface area contributed by atoms with Gasteiger partial charge in [-0.1, -0.05) is 30.1 Å². The van der Waals surface area contributed by atoms with Crippen molar-refractivity contribution in [3.63, 3.8) is 0 Å². The summed E-state index contributed by atoms with van der Waals surface area (Å²) in [6, 6.07) is 12.2. The molecule has 2 unspecified atom stereocenters. The molecule has 176 valence electrons. The van der Waals surface area contributed by atoms with Crippen molar-refractivity contribution in [2.24, 2.45) is 5.92 Å². The van der Waals surface area contributed by atoms with Gasteiger partial charge in [0, 0.05) is 35.6 Å². The lowest BCUT2D eigenvalue weighted by Gasteiger charge is -2.24. The average Bonchev–Trinajstić information content (AvgIpc) is 3.20. The third-order valence-electron chi connectivity index (χ3n) is 5.53. The van der Waals surface area contributed by atoms with E-state index in [9.17, 15) is 18.8 Å². The molecule has 1 aliphatic heterocycles. The van der Waals surface area contributed by atoms with Crippen LogP contribution in [0.3, 0.4) is 0 Å². The van der Waals surface area contributed by atoms with Crippen LogP contribution in [-0.2, 0) is 4.79 Å². The molecule has 0 spiro atoms. The lowest BCUT2D eigenvalue weighted by atomic mass is 10.1. The fourth-order valence-corrected chi connectivity index (χ4v) is 4.17. The van der Waals surface area contributed by atoms with Crippen molar-refractivity contribution in [1.82, 2.24) is 9.47 Å². The number of benzene rings is 2. The highest BCUT2D eigenvalue weighted by molar-refractivity contribution is 6.30. The molecule has 1 aromatic heterocycles. The first-order chi connectivity index (χ1) is 16.2. The number of hydrogen-bond donors (Lipinski definition) is 2. The van der Waals surface area contributed by atoms with Crippen molar-refractivity contribution in [1.29, 1.82) is 0 Å². The van der Waals surface area contributed by atoms with Crippen LogP contribution in [0.5, 0.6) is 0 Å². The molecule has 7 nitrogen and oxygen atoms in total. The summed E-state index contributed by atoms with van der Waals surface area (Å²) in [6.07, 6.45) is 1.82. The summed E-state index contributed by atoms with van der Waals surface area (Å²) in [6.45, 7) is 2.32. The van der Waals surface area contributed by atoms with E-state index in [1.54, 1.807) is 24.3 Å². The van der Waals surface area contributed by atoms with Gasteiger partial charge in [0.1, 0.15) is 11.9 Å². The Labute approximate surface area is 205 Å². The largest absolute Gasteiger partial charge is 0.322 e. The van der Waals surface area contributed by atoms with E-state index in [1.807, 2.05) is 6.92 Å². The normalized spacial score (nSPS) is 17.5. The van der Waals surface area contributed by atoms with Crippen LogP contribution in [0, 0.1) is 11.7 Å². The quantitative estimate of drug-likeness (QED) is 0.516. The van der Waals surface area contributed by atoms with Gasteiger partial charge < -0.3 is 15.5 Å². The number of nitrogens with one attached hydrogen (secondary N) is 2. The van der Waals surface area contributed by atoms with Crippen molar-refractivity contribution >= 4 is 46.5 Å². The second-order valence-electron chi connectivity index (χ2n) is 8.16. The van der Waals surface area contributed by atoms with Gasteiger partial charge in [0.15, 0.2) is 0 Å². The van der Waals surface area contributed by atoms with Crippen LogP contribution in [0.15, 0.2) is 65.6 Å². The number of hydrogen-bond acceptors (Lipinski definition) is 3. The molecule has 34 heavy (non-hydrogen) atoms. The van der Waals surface area contributed by atoms with Gasteiger partial charge in [0.25, 0.3) is 5.56 Å². The average molecular weight is 503 g/mol. The Kier molecular flexibility index (Phi) is 6.90. The fourth-order valence-electron chi connectivity index (χ4n) is 3.88. The fraction of sp³-hybridized carbons (Fsp3) is 0.208. The molecule has 4 rings (SSSR count). The summed E-state index contributed by atoms with van der Waals surface area (Å²) in [4.78, 5) is 39.3. The van der Waals surface area contributed by atoms with E-state index in [-0.39, 0.29) is 22.9 Å². The minimum atomic E-state index is -0.767. The van der Waals surface area contributed by atoms with Crippen LogP contribution < -0.4 is 16.2 Å². The van der Waals surface area contributed by atoms with Gasteiger partial charge in [-0.15, -0.1) is 0 Å². The van der Waals surface area contributed by atoms with Gasteiger partial charge in [-0.2, -0.15) is 0 Å². The Hall–Kier alpha value is -3.36. The van der Waals surface area contributed by atoms with Crippen molar-refractivity contribution in [3.05, 3.63) is 87.0 Å². The molecule has 0 bridgehead atoms. The summed E-state index contributed by atoms with van der Waals surface area (Å²) < 4.78 is 16.0. The topological polar surface area (TPSA) is 83.4 Å². The smallest absolute Gasteiger partial charge is 0.322 e. The lowest BCUT2D eigenvalue weighted by molar-refractivity contribution is -0.119. The molecule has 10 heteroatoms. The molecule has 0 saturated carbocycles. The molecule has 2 atom stereocenters. The number of carbonyl (C=O) groups excluding carboxylic acids is 2. The maximum Gasteiger partial charge on any atom is 0.322 e. The minimum Gasteiger partial charge on any atom is -0.322 e. The van der Waals surface area contributed by atoms with Crippen molar-refractivity contribution in [3.8, 4) is 5.69 Å². The van der Waals surface area contributed by atoms with Gasteiger partial charge in [-0.3, -0.25) is 14.2 Å². The molecular weight excluding hydrogens is 482 g/mol. The monoisotopic (exact) mass is 502 g/mol. The van der Waals surface area contributed by atoms with E-state index < -0.39 is 23.8 Å². The highest BCUT2D eigenvalue weighted by atomic mass is 35.5. The van der Waals surface area contributed by atoms with Crippen LogP contribution >= 0.6 is 23.2 Å². The molecule has 3 aromatic rings. The number of carbonyl (C=O) groups is 2. The number of pyridine rings is 1. The van der Waals surface area contributed by atoms with E-state index in [2.05, 4.69) is 10.6 Å². The highest BCUT2D eigenvalue weighted by Gasteiger charge is 2.38. The Bertz CT molecular complexity index is 1300. The number of urea groups is 1. The third-order valence-corrected chi connectivity index (χ3v) is 6.01. The molecule has 2 heterocycles. The van der Waals surface area contributed by atoms with Crippen LogP contribution in [0.2, 0.25) is 10.0 Å². The zero-order valence-electron chi connectivity index (χ0n) is 18.1. The summed E-state index contributed by atoms with van der Waals surface area (Å²) >= 11 is 11.8. The minimum absolute atomic E-state index is 0.0542. The number of nitrogens with zero attached hydrogens (tertiary/aromatic N) is 2. The van der Waals surface area contributed by atoms with Gasteiger partial charge >= 0.3 is 6.03 Å². The summed E-state index contributed by atoms with van der Waals surface area (Å²) in [5, 5.41) is 6.19. The lowest BCUT2D eigenvalue weighted by Crippen LogP contribution is -2.45. The van der Waals surface area contributed by atoms with Gasteiger partial charge in [-0.25, -0.2) is 9.18 Å². The zero-order chi connectivity index (χ0) is 24.4.